The van der Waals surface area contributed by atoms with E-state index in [1.807, 2.05) is 41.2 Å². The molecule has 0 aliphatic rings. The third-order valence-electron chi connectivity index (χ3n) is 4.41. The van der Waals surface area contributed by atoms with Crippen molar-refractivity contribution >= 4 is 17.3 Å². The van der Waals surface area contributed by atoms with Crippen LogP contribution in [0.3, 0.4) is 0 Å². The summed E-state index contributed by atoms with van der Waals surface area (Å²) in [4.78, 5) is 4.67. The smallest absolute Gasteiger partial charge is 0.191 e. The van der Waals surface area contributed by atoms with Gasteiger partial charge in [0.15, 0.2) is 5.96 Å². The van der Waals surface area contributed by atoms with Crippen molar-refractivity contribution in [2.75, 3.05) is 20.2 Å². The van der Waals surface area contributed by atoms with E-state index in [-0.39, 0.29) is 0 Å². The summed E-state index contributed by atoms with van der Waals surface area (Å²) in [7, 11) is 1.66. The normalized spacial score (nSPS) is 12.6. The van der Waals surface area contributed by atoms with Gasteiger partial charge in [-0.2, -0.15) is 16.4 Å². The van der Waals surface area contributed by atoms with E-state index in [1.54, 1.807) is 18.4 Å². The quantitative estimate of drug-likeness (QED) is 0.448. The van der Waals surface area contributed by atoms with Crippen LogP contribution in [0.4, 0.5) is 0 Å². The molecule has 0 saturated carbocycles. The Morgan fingerprint density at radius 3 is 2.71 bits per heavy atom. The average Bonchev–Trinajstić information content (AvgIpc) is 3.42. The second-order valence-electron chi connectivity index (χ2n) is 6.48. The molecule has 148 valence electrons. The van der Waals surface area contributed by atoms with Crippen LogP contribution >= 0.6 is 11.3 Å². The predicted octanol–water partition coefficient (Wildman–Crippen LogP) is 3.80. The van der Waals surface area contributed by atoms with Crippen LogP contribution in [0.25, 0.3) is 5.69 Å². The molecule has 0 spiro atoms. The van der Waals surface area contributed by atoms with Crippen molar-refractivity contribution in [3.8, 4) is 11.4 Å². The van der Waals surface area contributed by atoms with Crippen LogP contribution in [0.15, 0.2) is 58.3 Å². The Kier molecular flexibility index (Phi) is 7.08. The summed E-state index contributed by atoms with van der Waals surface area (Å²) in [6.45, 7) is 6.46. The monoisotopic (exact) mass is 397 g/mol. The van der Waals surface area contributed by atoms with Gasteiger partial charge < -0.3 is 15.4 Å². The molecule has 28 heavy (non-hydrogen) atoms. The Morgan fingerprint density at radius 1 is 1.21 bits per heavy atom. The fourth-order valence-electron chi connectivity index (χ4n) is 2.75. The maximum Gasteiger partial charge on any atom is 0.191 e. The molecular formula is C21H27N5OS. The van der Waals surface area contributed by atoms with Crippen molar-refractivity contribution in [1.29, 1.82) is 0 Å². The Balaban J connectivity index is 1.60. The van der Waals surface area contributed by atoms with Gasteiger partial charge in [-0.05, 0) is 65.6 Å². The summed E-state index contributed by atoms with van der Waals surface area (Å²) in [6.07, 6.45) is 1.95. The zero-order valence-electron chi connectivity index (χ0n) is 16.6. The second kappa shape index (κ2) is 9.94. The topological polar surface area (TPSA) is 63.5 Å². The maximum absolute atomic E-state index is 5.20. The average molecular weight is 398 g/mol. The lowest BCUT2D eigenvalue weighted by Gasteiger charge is -2.15. The first-order valence-electron chi connectivity index (χ1n) is 9.43. The summed E-state index contributed by atoms with van der Waals surface area (Å²) >= 11 is 1.73. The van der Waals surface area contributed by atoms with Gasteiger partial charge in [-0.15, -0.1) is 0 Å². The van der Waals surface area contributed by atoms with Crippen molar-refractivity contribution in [3.63, 3.8) is 0 Å². The number of benzene rings is 1. The number of aromatic nitrogens is 2. The van der Waals surface area contributed by atoms with Gasteiger partial charge in [-0.3, -0.25) is 0 Å². The van der Waals surface area contributed by atoms with E-state index >= 15 is 0 Å². The number of nitrogens with one attached hydrogen (secondary N) is 2. The number of hydrogen-bond donors (Lipinski definition) is 2. The fraction of sp³-hybridized carbons (Fsp3) is 0.333. The zero-order valence-corrected chi connectivity index (χ0v) is 17.4. The van der Waals surface area contributed by atoms with Crippen molar-refractivity contribution in [3.05, 3.63) is 64.6 Å². The van der Waals surface area contributed by atoms with Gasteiger partial charge in [0.2, 0.25) is 0 Å². The molecule has 1 unspecified atom stereocenters. The SMILES string of the molecule is CCNC(=NCc1ccn(-c2ccc(OC)cc2)n1)NCC(C)c1ccsc1. The molecule has 0 radical (unpaired) electrons. The molecule has 2 aromatic heterocycles. The van der Waals surface area contributed by atoms with Crippen molar-refractivity contribution in [1.82, 2.24) is 20.4 Å². The van der Waals surface area contributed by atoms with E-state index in [9.17, 15) is 0 Å². The second-order valence-corrected chi connectivity index (χ2v) is 7.26. The van der Waals surface area contributed by atoms with Gasteiger partial charge in [0.05, 0.1) is 25.0 Å². The van der Waals surface area contributed by atoms with E-state index in [0.29, 0.717) is 12.5 Å². The summed E-state index contributed by atoms with van der Waals surface area (Å²) in [5.74, 6) is 2.08. The van der Waals surface area contributed by atoms with Crippen LogP contribution in [0.5, 0.6) is 5.75 Å². The maximum atomic E-state index is 5.20. The van der Waals surface area contributed by atoms with Crippen LogP contribution in [0.1, 0.15) is 31.0 Å². The first kappa shape index (κ1) is 19.9. The van der Waals surface area contributed by atoms with Crippen LogP contribution < -0.4 is 15.4 Å². The van der Waals surface area contributed by atoms with Gasteiger partial charge in [-0.25, -0.2) is 9.67 Å². The number of thiophene rings is 1. The molecule has 0 amide bonds. The molecule has 2 heterocycles. The van der Waals surface area contributed by atoms with Gasteiger partial charge in [-0.1, -0.05) is 6.92 Å². The minimum Gasteiger partial charge on any atom is -0.497 e. The number of guanidine groups is 1. The van der Waals surface area contributed by atoms with E-state index in [2.05, 4.69) is 51.4 Å². The number of hydrogen-bond acceptors (Lipinski definition) is 4. The van der Waals surface area contributed by atoms with Crippen LogP contribution in [0, 0.1) is 0 Å². The number of rotatable bonds is 8. The van der Waals surface area contributed by atoms with Crippen molar-refractivity contribution in [2.45, 2.75) is 26.3 Å². The highest BCUT2D eigenvalue weighted by Gasteiger charge is 2.07. The van der Waals surface area contributed by atoms with Crippen molar-refractivity contribution in [2.24, 2.45) is 4.99 Å². The summed E-state index contributed by atoms with van der Waals surface area (Å²) in [5.41, 5.74) is 3.26. The molecule has 1 atom stereocenters. The molecular weight excluding hydrogens is 370 g/mol. The van der Waals surface area contributed by atoms with Crippen LogP contribution in [-0.4, -0.2) is 35.9 Å². The first-order chi connectivity index (χ1) is 13.7. The van der Waals surface area contributed by atoms with E-state index in [4.69, 9.17) is 4.74 Å². The van der Waals surface area contributed by atoms with Gasteiger partial charge >= 0.3 is 0 Å². The number of methoxy groups -OCH3 is 1. The highest BCUT2D eigenvalue weighted by Crippen LogP contribution is 2.17. The van der Waals surface area contributed by atoms with Gasteiger partial charge in [0.1, 0.15) is 5.75 Å². The van der Waals surface area contributed by atoms with Crippen LogP contribution in [-0.2, 0) is 6.54 Å². The lowest BCUT2D eigenvalue weighted by Crippen LogP contribution is -2.39. The molecule has 0 bridgehead atoms. The Hall–Kier alpha value is -2.80. The lowest BCUT2D eigenvalue weighted by atomic mass is 10.1. The van der Waals surface area contributed by atoms with E-state index < -0.39 is 0 Å². The molecule has 3 aromatic rings. The largest absolute Gasteiger partial charge is 0.497 e. The molecule has 0 saturated heterocycles. The number of nitrogens with zero attached hydrogens (tertiary/aromatic N) is 3. The summed E-state index contributed by atoms with van der Waals surface area (Å²) in [6, 6.07) is 12.0. The van der Waals surface area contributed by atoms with E-state index in [0.717, 1.165) is 36.2 Å². The molecule has 0 aliphatic heterocycles. The zero-order chi connectivity index (χ0) is 19.8. The molecule has 0 aliphatic carbocycles. The summed E-state index contributed by atoms with van der Waals surface area (Å²) in [5, 5.41) is 15.7. The highest BCUT2D eigenvalue weighted by molar-refractivity contribution is 7.07. The third kappa shape index (κ3) is 5.36. The van der Waals surface area contributed by atoms with Crippen molar-refractivity contribution < 1.29 is 4.74 Å². The lowest BCUT2D eigenvalue weighted by molar-refractivity contribution is 0.414. The predicted molar refractivity (Wildman–Crippen MR) is 116 cm³/mol. The van der Waals surface area contributed by atoms with Gasteiger partial charge in [0.25, 0.3) is 0 Å². The molecule has 1 aromatic carbocycles. The Labute approximate surface area is 170 Å². The Bertz CT molecular complexity index is 871. The Morgan fingerprint density at radius 2 is 2.04 bits per heavy atom. The minimum absolute atomic E-state index is 0.435. The summed E-state index contributed by atoms with van der Waals surface area (Å²) < 4.78 is 7.05. The molecule has 3 rings (SSSR count). The standard InChI is InChI=1S/C21H27N5OS/c1-4-22-21(23-13-16(2)17-10-12-28-15-17)24-14-18-9-11-26(25-18)19-5-7-20(27-3)8-6-19/h5-12,15-16H,4,13-14H2,1-3H3,(H2,22,23,24). The van der Waals surface area contributed by atoms with Gasteiger partial charge in [0, 0.05) is 19.3 Å². The van der Waals surface area contributed by atoms with E-state index in [1.165, 1.54) is 5.56 Å². The minimum atomic E-state index is 0.435. The number of ether oxygens (including phenoxy) is 1. The molecule has 0 fully saturated rings. The molecule has 7 heteroatoms. The highest BCUT2D eigenvalue weighted by atomic mass is 32.1. The fourth-order valence-corrected chi connectivity index (χ4v) is 3.53. The molecule has 2 N–H and O–H groups in total. The third-order valence-corrected chi connectivity index (χ3v) is 5.11. The van der Waals surface area contributed by atoms with Crippen LogP contribution in [0.2, 0.25) is 0 Å². The molecule has 6 nitrogen and oxygen atoms in total. The first-order valence-corrected chi connectivity index (χ1v) is 10.4. The number of aliphatic imine (C=N–C) groups is 1.